The van der Waals surface area contributed by atoms with E-state index in [0.29, 0.717) is 6.10 Å². The van der Waals surface area contributed by atoms with E-state index in [1.54, 1.807) is 0 Å². The molecule has 0 amide bonds. The van der Waals surface area contributed by atoms with Gasteiger partial charge >= 0.3 is 0 Å². The molecule has 1 aliphatic carbocycles. The van der Waals surface area contributed by atoms with Crippen molar-refractivity contribution in [2.75, 3.05) is 26.7 Å². The summed E-state index contributed by atoms with van der Waals surface area (Å²) in [6.07, 6.45) is 2.92. The number of nitrogens with one attached hydrogen (secondary N) is 2. The van der Waals surface area contributed by atoms with Gasteiger partial charge in [0.2, 0.25) is 0 Å². The molecule has 0 spiro atoms. The van der Waals surface area contributed by atoms with Gasteiger partial charge < -0.3 is 15.4 Å². The Labute approximate surface area is 86.6 Å². The second kappa shape index (κ2) is 4.60. The van der Waals surface area contributed by atoms with Crippen LogP contribution in [0.5, 0.6) is 0 Å². The van der Waals surface area contributed by atoms with Crippen molar-refractivity contribution in [1.82, 2.24) is 10.6 Å². The zero-order chi connectivity index (χ0) is 9.97. The van der Waals surface area contributed by atoms with Crippen LogP contribution in [0.15, 0.2) is 0 Å². The second-order valence-electron chi connectivity index (χ2n) is 4.83. The molecule has 0 aromatic carbocycles. The summed E-state index contributed by atoms with van der Waals surface area (Å²) in [6, 6.07) is 0.718. The minimum Gasteiger partial charge on any atom is -0.381 e. The van der Waals surface area contributed by atoms with Crippen molar-refractivity contribution in [1.29, 1.82) is 0 Å². The molecule has 2 fully saturated rings. The van der Waals surface area contributed by atoms with Crippen LogP contribution < -0.4 is 10.6 Å². The third-order valence-electron chi connectivity index (χ3n) is 3.77. The third kappa shape index (κ3) is 2.27. The number of methoxy groups -OCH3 is 1. The Kier molecular flexibility index (Phi) is 3.42. The van der Waals surface area contributed by atoms with Gasteiger partial charge in [-0.25, -0.2) is 0 Å². The van der Waals surface area contributed by atoms with Gasteiger partial charge in [-0.05, 0) is 44.3 Å². The second-order valence-corrected chi connectivity index (χ2v) is 4.83. The van der Waals surface area contributed by atoms with Gasteiger partial charge in [-0.15, -0.1) is 0 Å². The largest absolute Gasteiger partial charge is 0.381 e. The van der Waals surface area contributed by atoms with Crippen molar-refractivity contribution in [2.45, 2.75) is 31.9 Å². The molecule has 0 aromatic heterocycles. The summed E-state index contributed by atoms with van der Waals surface area (Å²) < 4.78 is 5.25. The fourth-order valence-corrected chi connectivity index (χ4v) is 2.16. The van der Waals surface area contributed by atoms with E-state index in [2.05, 4.69) is 17.6 Å². The average molecular weight is 198 g/mol. The van der Waals surface area contributed by atoms with E-state index in [1.165, 1.54) is 32.5 Å². The zero-order valence-corrected chi connectivity index (χ0v) is 9.25. The Hall–Kier alpha value is -0.120. The first-order valence-electron chi connectivity index (χ1n) is 5.76. The van der Waals surface area contributed by atoms with Crippen molar-refractivity contribution in [3.63, 3.8) is 0 Å². The smallest absolute Gasteiger partial charge is 0.0601 e. The molecule has 0 bridgehead atoms. The quantitative estimate of drug-likeness (QED) is 0.679. The van der Waals surface area contributed by atoms with Crippen LogP contribution in [0.3, 0.4) is 0 Å². The highest BCUT2D eigenvalue weighted by Gasteiger charge is 2.30. The topological polar surface area (TPSA) is 33.3 Å². The molecule has 0 radical (unpaired) electrons. The van der Waals surface area contributed by atoms with Crippen LogP contribution in [0.1, 0.15) is 19.8 Å². The van der Waals surface area contributed by atoms with Gasteiger partial charge in [0.1, 0.15) is 0 Å². The van der Waals surface area contributed by atoms with E-state index in [-0.39, 0.29) is 0 Å². The van der Waals surface area contributed by atoms with Crippen molar-refractivity contribution < 1.29 is 4.74 Å². The van der Waals surface area contributed by atoms with Crippen molar-refractivity contribution in [3.05, 3.63) is 0 Å². The molecule has 2 aliphatic rings. The first kappa shape index (κ1) is 10.4. The first-order chi connectivity index (χ1) is 6.79. The summed E-state index contributed by atoms with van der Waals surface area (Å²) in [5, 5.41) is 6.95. The van der Waals surface area contributed by atoms with Crippen molar-refractivity contribution in [2.24, 2.45) is 11.8 Å². The lowest BCUT2D eigenvalue weighted by Crippen LogP contribution is -2.51. The Bertz CT molecular complexity index is 176. The molecule has 3 nitrogen and oxygen atoms in total. The Balaban J connectivity index is 1.54. The van der Waals surface area contributed by atoms with E-state index in [9.17, 15) is 0 Å². The molecule has 2 rings (SSSR count). The Morgan fingerprint density at radius 3 is 2.64 bits per heavy atom. The first-order valence-corrected chi connectivity index (χ1v) is 5.76. The fourth-order valence-electron chi connectivity index (χ4n) is 2.16. The minimum absolute atomic E-state index is 0.521. The minimum atomic E-state index is 0.521. The van der Waals surface area contributed by atoms with Gasteiger partial charge in [0, 0.05) is 13.2 Å². The predicted molar refractivity (Wildman–Crippen MR) is 57.3 cm³/mol. The lowest BCUT2D eigenvalue weighted by molar-refractivity contribution is 0.0156. The van der Waals surface area contributed by atoms with E-state index in [1.807, 2.05) is 7.11 Å². The van der Waals surface area contributed by atoms with Crippen LogP contribution in [0.2, 0.25) is 0 Å². The summed E-state index contributed by atoms with van der Waals surface area (Å²) in [5.74, 6) is 1.72. The van der Waals surface area contributed by atoms with E-state index in [0.717, 1.165) is 17.9 Å². The lowest BCUT2D eigenvalue weighted by atomic mass is 9.86. The number of hydrogen-bond acceptors (Lipinski definition) is 3. The molecule has 1 unspecified atom stereocenters. The number of rotatable bonds is 5. The van der Waals surface area contributed by atoms with Gasteiger partial charge in [-0.1, -0.05) is 6.92 Å². The highest BCUT2D eigenvalue weighted by atomic mass is 16.5. The van der Waals surface area contributed by atoms with Gasteiger partial charge in [0.05, 0.1) is 6.10 Å². The monoisotopic (exact) mass is 198 g/mol. The molecule has 14 heavy (non-hydrogen) atoms. The van der Waals surface area contributed by atoms with Gasteiger partial charge in [-0.2, -0.15) is 0 Å². The molecule has 1 heterocycles. The summed E-state index contributed by atoms with van der Waals surface area (Å²) in [4.78, 5) is 0. The average Bonchev–Trinajstić information content (AvgIpc) is 1.98. The highest BCUT2D eigenvalue weighted by molar-refractivity contribution is 4.87. The van der Waals surface area contributed by atoms with Crippen LogP contribution in [-0.2, 0) is 4.74 Å². The maximum atomic E-state index is 5.25. The van der Waals surface area contributed by atoms with E-state index < -0.39 is 0 Å². The maximum absolute atomic E-state index is 5.25. The van der Waals surface area contributed by atoms with Crippen LogP contribution >= 0.6 is 0 Å². The summed E-state index contributed by atoms with van der Waals surface area (Å²) in [6.45, 7) is 5.96. The van der Waals surface area contributed by atoms with E-state index in [4.69, 9.17) is 4.74 Å². The summed E-state index contributed by atoms with van der Waals surface area (Å²) in [5.41, 5.74) is 0. The van der Waals surface area contributed by atoms with Crippen molar-refractivity contribution in [3.8, 4) is 0 Å². The Morgan fingerprint density at radius 1 is 1.43 bits per heavy atom. The predicted octanol–water partition coefficient (Wildman–Crippen LogP) is 0.609. The SMILES string of the molecule is COC1CC(NCC(C)C2CNC2)C1. The number of ether oxygens (including phenoxy) is 1. The molecule has 82 valence electrons. The molecular formula is C11H22N2O. The summed E-state index contributed by atoms with van der Waals surface area (Å²) in [7, 11) is 1.81. The molecular weight excluding hydrogens is 176 g/mol. The van der Waals surface area contributed by atoms with Crippen LogP contribution in [-0.4, -0.2) is 38.9 Å². The molecule has 1 aliphatic heterocycles. The highest BCUT2D eigenvalue weighted by Crippen LogP contribution is 2.23. The van der Waals surface area contributed by atoms with Gasteiger partial charge in [-0.3, -0.25) is 0 Å². The van der Waals surface area contributed by atoms with Crippen LogP contribution in [0, 0.1) is 11.8 Å². The number of hydrogen-bond donors (Lipinski definition) is 2. The zero-order valence-electron chi connectivity index (χ0n) is 9.25. The Morgan fingerprint density at radius 2 is 2.14 bits per heavy atom. The van der Waals surface area contributed by atoms with Crippen LogP contribution in [0.4, 0.5) is 0 Å². The van der Waals surface area contributed by atoms with Gasteiger partial charge in [0.25, 0.3) is 0 Å². The molecule has 1 saturated carbocycles. The molecule has 0 aromatic rings. The standard InChI is InChI=1S/C11H22N2O/c1-8(9-6-12-7-9)5-13-10-3-11(4-10)14-2/h8-13H,3-7H2,1-2H3. The third-order valence-corrected chi connectivity index (χ3v) is 3.77. The molecule has 3 heteroatoms. The van der Waals surface area contributed by atoms with Gasteiger partial charge in [0.15, 0.2) is 0 Å². The fraction of sp³-hybridized carbons (Fsp3) is 1.00. The van der Waals surface area contributed by atoms with Crippen molar-refractivity contribution >= 4 is 0 Å². The molecule has 2 N–H and O–H groups in total. The normalized spacial score (nSPS) is 34.7. The molecule has 1 atom stereocenters. The summed E-state index contributed by atoms with van der Waals surface area (Å²) >= 11 is 0. The maximum Gasteiger partial charge on any atom is 0.0601 e. The lowest BCUT2D eigenvalue weighted by Gasteiger charge is -2.38. The molecule has 1 saturated heterocycles. The van der Waals surface area contributed by atoms with E-state index >= 15 is 0 Å². The van der Waals surface area contributed by atoms with Crippen LogP contribution in [0.25, 0.3) is 0 Å².